The maximum absolute atomic E-state index is 11.6. The molecular weight excluding hydrogens is 807 g/mol. The first kappa shape index (κ1) is 52.9. The molecule has 0 aromatic rings. The molecule has 8 heteroatoms. The number of hydrogen-bond acceptors (Lipinski definition) is 6. The summed E-state index contributed by atoms with van der Waals surface area (Å²) in [6.45, 7) is 34.0. The van der Waals surface area contributed by atoms with Gasteiger partial charge in [0.05, 0.1) is 0 Å². The van der Waals surface area contributed by atoms with Gasteiger partial charge in [-0.2, -0.15) is 0 Å². The third-order valence-corrected chi connectivity index (χ3v) is 7.08. The Morgan fingerprint density at radius 3 is 0.390 bits per heavy atom. The van der Waals surface area contributed by atoms with Gasteiger partial charge >= 0.3 is 79.9 Å². The van der Waals surface area contributed by atoms with Crippen molar-refractivity contribution in [2.45, 2.75) is 181 Å². The van der Waals surface area contributed by atoms with Crippen molar-refractivity contribution in [1.29, 1.82) is 0 Å². The average molecular weight is 873 g/mol. The number of rotatable bonds is 6. The van der Waals surface area contributed by atoms with Gasteiger partial charge in [-0.1, -0.05) is 176 Å². The van der Waals surface area contributed by atoms with Crippen LogP contribution in [0.3, 0.4) is 0 Å². The molecule has 41 heavy (non-hydrogen) atoms. The van der Waals surface area contributed by atoms with Crippen molar-refractivity contribution in [3.8, 4) is 0 Å². The first-order chi connectivity index (χ1) is 16.6. The molecule has 0 aromatic heterocycles. The van der Waals surface area contributed by atoms with E-state index in [1.165, 1.54) is 0 Å². The normalized spacial score (nSPS) is 17.6. The Balaban J connectivity index is -0.000000154. The van der Waals surface area contributed by atoms with Crippen LogP contribution < -0.4 is 30.6 Å². The molecular formula is C33H66Gd2O6. The fraction of sp³-hybridized carbons (Fsp3) is 1.00. The largest absolute Gasteiger partial charge is 3.00 e. The van der Waals surface area contributed by atoms with Crippen LogP contribution in [0.4, 0.5) is 0 Å². The van der Waals surface area contributed by atoms with E-state index in [1.54, 1.807) is 0 Å². The van der Waals surface area contributed by atoms with Gasteiger partial charge in [-0.25, -0.2) is 0 Å². The van der Waals surface area contributed by atoms with Gasteiger partial charge in [0, 0.05) is 0 Å². The van der Waals surface area contributed by atoms with Gasteiger partial charge in [-0.15, -0.1) is 36.6 Å². The zero-order valence-corrected chi connectivity index (χ0v) is 34.3. The van der Waals surface area contributed by atoms with Crippen molar-refractivity contribution in [3.05, 3.63) is 0 Å². The van der Waals surface area contributed by atoms with Gasteiger partial charge in [0.1, 0.15) is 0 Å². The molecule has 0 aliphatic heterocycles. The van der Waals surface area contributed by atoms with Crippen LogP contribution in [0.5, 0.6) is 0 Å². The molecule has 2 radical (unpaired) electrons. The standard InChI is InChI=1S/3C11H22O2.2Gd/c3*1-10(2,3)8(12)7-9(13)11(4,5)6;;/h3*8-9H,7H2,1-6H3;;/q3*-2;2*+3. The fourth-order valence-corrected chi connectivity index (χ4v) is 2.70. The third-order valence-electron chi connectivity index (χ3n) is 7.08. The van der Waals surface area contributed by atoms with Crippen LogP contribution in [0.25, 0.3) is 0 Å². The summed E-state index contributed by atoms with van der Waals surface area (Å²) < 4.78 is 0. The first-order valence-corrected chi connectivity index (χ1v) is 14.6. The minimum absolute atomic E-state index is 0. The van der Waals surface area contributed by atoms with Crippen LogP contribution in [0, 0.1) is 112 Å². The molecule has 0 rings (SSSR count). The van der Waals surface area contributed by atoms with Gasteiger partial charge in [-0.3, -0.25) is 0 Å². The van der Waals surface area contributed by atoms with Crippen LogP contribution in [0.1, 0.15) is 144 Å². The molecule has 0 heterocycles. The summed E-state index contributed by atoms with van der Waals surface area (Å²) in [7, 11) is 0. The van der Waals surface area contributed by atoms with Gasteiger partial charge < -0.3 is 30.6 Å². The summed E-state index contributed by atoms with van der Waals surface area (Å²) in [5.74, 6) is 0. The molecule has 0 bridgehead atoms. The smallest absolute Gasteiger partial charge is 0.852 e. The summed E-state index contributed by atoms with van der Waals surface area (Å²) in [4.78, 5) is 0. The van der Waals surface area contributed by atoms with Crippen molar-refractivity contribution in [1.82, 2.24) is 0 Å². The van der Waals surface area contributed by atoms with Gasteiger partial charge in [0.25, 0.3) is 0 Å². The Labute approximate surface area is 320 Å². The summed E-state index contributed by atoms with van der Waals surface area (Å²) in [5.41, 5.74) is -1.79. The third kappa shape index (κ3) is 27.3. The van der Waals surface area contributed by atoms with Gasteiger partial charge in [0.15, 0.2) is 0 Å². The molecule has 6 unspecified atom stereocenters. The van der Waals surface area contributed by atoms with Crippen molar-refractivity contribution in [2.75, 3.05) is 0 Å². The van der Waals surface area contributed by atoms with Crippen LogP contribution >= 0.6 is 0 Å². The van der Waals surface area contributed by atoms with Crippen LogP contribution in [-0.4, -0.2) is 36.6 Å². The summed E-state index contributed by atoms with van der Waals surface area (Å²) in [6.07, 6.45) is -3.84. The van der Waals surface area contributed by atoms with Crippen molar-refractivity contribution < 1.29 is 111 Å². The molecule has 250 valence electrons. The second-order valence-corrected chi connectivity index (χ2v) is 17.8. The molecule has 0 amide bonds. The van der Waals surface area contributed by atoms with E-state index in [0.717, 1.165) is 0 Å². The summed E-state index contributed by atoms with van der Waals surface area (Å²) >= 11 is 0. The second-order valence-electron chi connectivity index (χ2n) is 17.8. The molecule has 0 N–H and O–H groups in total. The van der Waals surface area contributed by atoms with E-state index in [1.807, 2.05) is 125 Å². The summed E-state index contributed by atoms with van der Waals surface area (Å²) in [6, 6.07) is 0. The van der Waals surface area contributed by atoms with Crippen LogP contribution in [0.15, 0.2) is 0 Å². The molecule has 0 aromatic carbocycles. The monoisotopic (exact) mass is 874 g/mol. The predicted octanol–water partition coefficient (Wildman–Crippen LogP) is 2.78. The Bertz CT molecular complexity index is 499. The Morgan fingerprint density at radius 2 is 0.341 bits per heavy atom. The van der Waals surface area contributed by atoms with E-state index >= 15 is 0 Å². The minimum atomic E-state index is -0.755. The molecule has 0 fully saturated rings. The zero-order valence-electron chi connectivity index (χ0n) is 29.7. The van der Waals surface area contributed by atoms with E-state index in [0.29, 0.717) is 0 Å². The topological polar surface area (TPSA) is 138 Å². The Morgan fingerprint density at radius 1 is 0.268 bits per heavy atom. The van der Waals surface area contributed by atoms with E-state index in [2.05, 4.69) is 0 Å². The number of hydrogen-bond donors (Lipinski definition) is 0. The van der Waals surface area contributed by atoms with Crippen molar-refractivity contribution >= 4 is 0 Å². The second kappa shape index (κ2) is 20.6. The Hall–Kier alpha value is 2.41. The van der Waals surface area contributed by atoms with E-state index in [9.17, 15) is 30.6 Å². The molecule has 6 atom stereocenters. The van der Waals surface area contributed by atoms with E-state index in [4.69, 9.17) is 0 Å². The molecule has 0 aliphatic carbocycles. The van der Waals surface area contributed by atoms with E-state index < -0.39 is 36.6 Å². The van der Waals surface area contributed by atoms with Crippen molar-refractivity contribution in [2.24, 2.45) is 32.5 Å². The maximum atomic E-state index is 11.6. The first-order valence-electron chi connectivity index (χ1n) is 14.6. The molecule has 6 nitrogen and oxygen atoms in total. The molecule has 0 aliphatic rings. The predicted molar refractivity (Wildman–Crippen MR) is 153 cm³/mol. The summed E-state index contributed by atoms with van der Waals surface area (Å²) in [5, 5.41) is 69.6. The molecule has 0 spiro atoms. The van der Waals surface area contributed by atoms with Gasteiger partial charge in [0.2, 0.25) is 0 Å². The SMILES string of the molecule is CC(C)(C)C([O-])CC([O-])C(C)(C)C.CC(C)(C)C([O-])CC([O-])C(C)(C)C.CC(C)(C)C([O-])CC([O-])C(C)(C)C.[Gd+3].[Gd+3]. The zero-order chi connectivity index (χ0) is 32.6. The molecule has 0 saturated carbocycles. The fourth-order valence-electron chi connectivity index (χ4n) is 2.70. The van der Waals surface area contributed by atoms with E-state index in [-0.39, 0.29) is 132 Å². The van der Waals surface area contributed by atoms with Crippen molar-refractivity contribution in [3.63, 3.8) is 0 Å². The van der Waals surface area contributed by atoms with Crippen LogP contribution in [-0.2, 0) is 0 Å². The minimum Gasteiger partial charge on any atom is -0.852 e. The maximum Gasteiger partial charge on any atom is 3.00 e. The average Bonchev–Trinajstić information content (AvgIpc) is 2.64. The Kier molecular flexibility index (Phi) is 26.6. The quantitative estimate of drug-likeness (QED) is 0.403. The van der Waals surface area contributed by atoms with Crippen LogP contribution in [0.2, 0.25) is 0 Å². The molecule has 0 saturated heterocycles. The van der Waals surface area contributed by atoms with Gasteiger partial charge in [-0.05, 0) is 0 Å².